The number of carbonyl (C=O) groups is 2. The van der Waals surface area contributed by atoms with E-state index < -0.39 is 0 Å². The fourth-order valence-corrected chi connectivity index (χ4v) is 2.41. The fraction of sp³-hybridized carbons (Fsp3) is 0.889. The van der Waals surface area contributed by atoms with E-state index in [1.54, 1.807) is 0 Å². The zero-order chi connectivity index (χ0) is 16.6. The van der Waals surface area contributed by atoms with Crippen LogP contribution in [0.15, 0.2) is 0 Å². The van der Waals surface area contributed by atoms with Gasteiger partial charge in [-0.05, 0) is 25.7 Å². The third-order valence-electron chi connectivity index (χ3n) is 3.78. The van der Waals surface area contributed by atoms with Crippen LogP contribution in [0.2, 0.25) is 0 Å². The Morgan fingerprint density at radius 2 is 1.36 bits per heavy atom. The minimum Gasteiger partial charge on any atom is -0.356 e. The predicted octanol–water partition coefficient (Wildman–Crippen LogP) is 3.89. The number of rotatable bonds is 14. The molecular formula is C18H36N2O2. The van der Waals surface area contributed by atoms with Gasteiger partial charge in [0.05, 0.1) is 0 Å². The highest BCUT2D eigenvalue weighted by Gasteiger charge is 2.12. The SMILES string of the molecule is CCCCCN(CCCCC)C(=O)CCCNC(=O)CCC. The molecule has 130 valence electrons. The highest BCUT2D eigenvalue weighted by molar-refractivity contribution is 5.77. The van der Waals surface area contributed by atoms with E-state index >= 15 is 0 Å². The summed E-state index contributed by atoms with van der Waals surface area (Å²) in [7, 11) is 0. The second-order valence-electron chi connectivity index (χ2n) is 6.00. The molecule has 0 saturated carbocycles. The second kappa shape index (κ2) is 14.9. The predicted molar refractivity (Wildman–Crippen MR) is 92.8 cm³/mol. The Balaban J connectivity index is 4.00. The molecule has 0 fully saturated rings. The lowest BCUT2D eigenvalue weighted by molar-refractivity contribution is -0.131. The van der Waals surface area contributed by atoms with Gasteiger partial charge in [-0.1, -0.05) is 46.5 Å². The van der Waals surface area contributed by atoms with Gasteiger partial charge in [0.25, 0.3) is 0 Å². The van der Waals surface area contributed by atoms with Crippen LogP contribution in [0.4, 0.5) is 0 Å². The third-order valence-corrected chi connectivity index (χ3v) is 3.78. The molecule has 0 aliphatic heterocycles. The second-order valence-corrected chi connectivity index (χ2v) is 6.00. The van der Waals surface area contributed by atoms with Crippen LogP contribution >= 0.6 is 0 Å². The number of unbranched alkanes of at least 4 members (excludes halogenated alkanes) is 4. The minimum atomic E-state index is 0.0951. The Kier molecular flexibility index (Phi) is 14.1. The van der Waals surface area contributed by atoms with Crippen LogP contribution in [-0.4, -0.2) is 36.3 Å². The number of amides is 2. The van der Waals surface area contributed by atoms with Crippen LogP contribution in [0.25, 0.3) is 0 Å². The van der Waals surface area contributed by atoms with Gasteiger partial charge in [0.1, 0.15) is 0 Å². The molecule has 22 heavy (non-hydrogen) atoms. The zero-order valence-electron chi connectivity index (χ0n) is 15.0. The summed E-state index contributed by atoms with van der Waals surface area (Å²) in [5.41, 5.74) is 0. The summed E-state index contributed by atoms with van der Waals surface area (Å²) < 4.78 is 0. The molecule has 2 amide bonds. The van der Waals surface area contributed by atoms with Crippen LogP contribution < -0.4 is 5.32 Å². The zero-order valence-corrected chi connectivity index (χ0v) is 15.0. The van der Waals surface area contributed by atoms with Gasteiger partial charge >= 0.3 is 0 Å². The van der Waals surface area contributed by atoms with Crippen molar-refractivity contribution in [2.45, 2.75) is 85.0 Å². The van der Waals surface area contributed by atoms with E-state index in [-0.39, 0.29) is 11.8 Å². The Labute approximate surface area is 137 Å². The van der Waals surface area contributed by atoms with Gasteiger partial charge in [-0.3, -0.25) is 9.59 Å². The van der Waals surface area contributed by atoms with Gasteiger partial charge in [0.15, 0.2) is 0 Å². The van der Waals surface area contributed by atoms with Gasteiger partial charge in [0, 0.05) is 32.5 Å². The first-order chi connectivity index (χ1) is 10.7. The quantitative estimate of drug-likeness (QED) is 0.495. The molecule has 0 aromatic carbocycles. The standard InChI is InChI=1S/C18H36N2O2/c1-4-7-9-15-20(16-10-8-5-2)18(22)13-11-14-19-17(21)12-6-3/h4-16H2,1-3H3,(H,19,21). The summed E-state index contributed by atoms with van der Waals surface area (Å²) in [5.74, 6) is 0.342. The summed E-state index contributed by atoms with van der Waals surface area (Å²) in [4.78, 5) is 25.7. The summed E-state index contributed by atoms with van der Waals surface area (Å²) >= 11 is 0. The first kappa shape index (κ1) is 20.9. The van der Waals surface area contributed by atoms with Gasteiger partial charge < -0.3 is 10.2 Å². The molecule has 4 nitrogen and oxygen atoms in total. The molecule has 0 spiro atoms. The van der Waals surface area contributed by atoms with E-state index in [2.05, 4.69) is 19.2 Å². The molecule has 0 saturated heterocycles. The van der Waals surface area contributed by atoms with Crippen LogP contribution in [-0.2, 0) is 9.59 Å². The molecule has 0 atom stereocenters. The molecule has 0 bridgehead atoms. The van der Waals surface area contributed by atoms with Crippen LogP contribution in [0.5, 0.6) is 0 Å². The summed E-state index contributed by atoms with van der Waals surface area (Å²) in [6.45, 7) is 8.75. The summed E-state index contributed by atoms with van der Waals surface area (Å²) in [6, 6.07) is 0. The molecule has 1 N–H and O–H groups in total. The Bertz CT molecular complexity index is 283. The number of hydrogen-bond acceptors (Lipinski definition) is 2. The largest absolute Gasteiger partial charge is 0.356 e. The van der Waals surface area contributed by atoms with Crippen molar-refractivity contribution >= 4 is 11.8 Å². The number of hydrogen-bond donors (Lipinski definition) is 1. The molecule has 0 aliphatic carbocycles. The van der Waals surface area contributed by atoms with Gasteiger partial charge in [-0.25, -0.2) is 0 Å². The molecule has 0 heterocycles. The monoisotopic (exact) mass is 312 g/mol. The van der Waals surface area contributed by atoms with Crippen molar-refractivity contribution in [1.29, 1.82) is 0 Å². The van der Waals surface area contributed by atoms with E-state index in [1.165, 1.54) is 25.7 Å². The maximum atomic E-state index is 12.3. The van der Waals surface area contributed by atoms with Gasteiger partial charge in [0.2, 0.25) is 11.8 Å². The van der Waals surface area contributed by atoms with E-state index in [4.69, 9.17) is 0 Å². The lowest BCUT2D eigenvalue weighted by atomic mass is 10.2. The van der Waals surface area contributed by atoms with E-state index in [0.717, 1.165) is 38.8 Å². The highest BCUT2D eigenvalue weighted by atomic mass is 16.2. The summed E-state index contributed by atoms with van der Waals surface area (Å²) in [6.07, 6.45) is 9.66. The van der Waals surface area contributed by atoms with Crippen molar-refractivity contribution in [2.75, 3.05) is 19.6 Å². The van der Waals surface area contributed by atoms with Crippen LogP contribution in [0.1, 0.15) is 85.0 Å². The Hall–Kier alpha value is -1.06. The average molecular weight is 312 g/mol. The molecule has 4 heteroatoms. The van der Waals surface area contributed by atoms with Crippen molar-refractivity contribution in [3.63, 3.8) is 0 Å². The molecule has 0 aromatic rings. The minimum absolute atomic E-state index is 0.0951. The average Bonchev–Trinajstić information content (AvgIpc) is 2.50. The van der Waals surface area contributed by atoms with Crippen molar-refractivity contribution in [2.24, 2.45) is 0 Å². The van der Waals surface area contributed by atoms with Crippen molar-refractivity contribution in [1.82, 2.24) is 10.2 Å². The first-order valence-corrected chi connectivity index (χ1v) is 9.20. The molecular weight excluding hydrogens is 276 g/mol. The van der Waals surface area contributed by atoms with E-state index in [1.807, 2.05) is 11.8 Å². The number of nitrogens with one attached hydrogen (secondary N) is 1. The van der Waals surface area contributed by atoms with Crippen molar-refractivity contribution < 1.29 is 9.59 Å². The van der Waals surface area contributed by atoms with E-state index in [9.17, 15) is 9.59 Å². The molecule has 0 unspecified atom stereocenters. The summed E-state index contributed by atoms with van der Waals surface area (Å²) in [5, 5.41) is 2.87. The topological polar surface area (TPSA) is 49.4 Å². The van der Waals surface area contributed by atoms with Gasteiger partial charge in [-0.2, -0.15) is 0 Å². The molecule has 0 aromatic heterocycles. The molecule has 0 rings (SSSR count). The maximum absolute atomic E-state index is 12.3. The Morgan fingerprint density at radius 1 is 0.773 bits per heavy atom. The van der Waals surface area contributed by atoms with Crippen LogP contribution in [0, 0.1) is 0 Å². The lowest BCUT2D eigenvalue weighted by Crippen LogP contribution is -2.33. The highest BCUT2D eigenvalue weighted by Crippen LogP contribution is 2.06. The maximum Gasteiger partial charge on any atom is 0.222 e. The van der Waals surface area contributed by atoms with Crippen LogP contribution in [0.3, 0.4) is 0 Å². The van der Waals surface area contributed by atoms with E-state index in [0.29, 0.717) is 19.4 Å². The number of nitrogens with zero attached hydrogens (tertiary/aromatic N) is 1. The first-order valence-electron chi connectivity index (χ1n) is 9.20. The smallest absolute Gasteiger partial charge is 0.222 e. The fourth-order valence-electron chi connectivity index (χ4n) is 2.41. The number of carbonyl (C=O) groups excluding carboxylic acids is 2. The van der Waals surface area contributed by atoms with Crippen molar-refractivity contribution in [3.05, 3.63) is 0 Å². The third kappa shape index (κ3) is 11.6. The molecule has 0 aliphatic rings. The molecule has 0 radical (unpaired) electrons. The van der Waals surface area contributed by atoms with Gasteiger partial charge in [-0.15, -0.1) is 0 Å². The lowest BCUT2D eigenvalue weighted by Gasteiger charge is -2.23. The normalized spacial score (nSPS) is 10.5. The van der Waals surface area contributed by atoms with Crippen molar-refractivity contribution in [3.8, 4) is 0 Å². The Morgan fingerprint density at radius 3 is 1.86 bits per heavy atom.